The molecule has 4 rings (SSSR count). The molecule has 0 fully saturated rings. The molecule has 0 radical (unpaired) electrons. The van der Waals surface area contributed by atoms with Gasteiger partial charge < -0.3 is 24.4 Å². The average molecular weight is 446 g/mol. The maximum Gasteiger partial charge on any atom is 0.338 e. The number of aromatic nitrogens is 3. The van der Waals surface area contributed by atoms with Gasteiger partial charge in [-0.2, -0.15) is 0 Å². The third-order valence-corrected chi connectivity index (χ3v) is 6.25. The van der Waals surface area contributed by atoms with Gasteiger partial charge in [0.25, 0.3) is 0 Å². The van der Waals surface area contributed by atoms with Gasteiger partial charge >= 0.3 is 12.0 Å². The molecule has 0 aromatic carbocycles. The zero-order valence-corrected chi connectivity index (χ0v) is 17.7. The Labute approximate surface area is 180 Å². The van der Waals surface area contributed by atoms with E-state index < -0.39 is 12.0 Å². The number of rotatable bonds is 8. The summed E-state index contributed by atoms with van der Waals surface area (Å²) in [6.07, 6.45) is 3.22. The van der Waals surface area contributed by atoms with Crippen molar-refractivity contribution in [2.75, 3.05) is 12.4 Å². The molecule has 0 saturated carbocycles. The fraction of sp³-hybridized carbons (Fsp3) is 0.263. The Morgan fingerprint density at radius 1 is 1.40 bits per heavy atom. The van der Waals surface area contributed by atoms with Gasteiger partial charge in [-0.1, -0.05) is 17.8 Å². The Morgan fingerprint density at radius 3 is 3.03 bits per heavy atom. The van der Waals surface area contributed by atoms with E-state index in [-0.39, 0.29) is 12.6 Å². The summed E-state index contributed by atoms with van der Waals surface area (Å²) >= 11 is 2.83. The van der Waals surface area contributed by atoms with E-state index >= 15 is 0 Å². The Kier molecular flexibility index (Phi) is 6.19. The summed E-state index contributed by atoms with van der Waals surface area (Å²) in [6, 6.07) is 6.52. The number of hydrogen-bond acceptors (Lipinski definition) is 8. The standard InChI is InChI=1S/C19H19N5O4S2/c1-2-27-17(25)15-13(21-18(26)22-16(15)14-6-4-8-29-14)10-30-19-23-20-11-24(19)9-12-5-3-7-28-12/h3-8,11,16H,2,9-10H2,1H3,(H2,21,22,26). The first-order valence-electron chi connectivity index (χ1n) is 9.19. The molecule has 11 heteroatoms. The maximum atomic E-state index is 12.7. The van der Waals surface area contributed by atoms with Gasteiger partial charge in [0.2, 0.25) is 0 Å². The molecule has 30 heavy (non-hydrogen) atoms. The fourth-order valence-electron chi connectivity index (χ4n) is 3.02. The molecule has 4 heterocycles. The summed E-state index contributed by atoms with van der Waals surface area (Å²) in [5.74, 6) is 0.632. The van der Waals surface area contributed by atoms with E-state index in [0.717, 1.165) is 10.6 Å². The quantitative estimate of drug-likeness (QED) is 0.405. The highest BCUT2D eigenvalue weighted by atomic mass is 32.2. The molecule has 2 N–H and O–H groups in total. The highest BCUT2D eigenvalue weighted by molar-refractivity contribution is 7.99. The Bertz CT molecular complexity index is 1040. The summed E-state index contributed by atoms with van der Waals surface area (Å²) < 4.78 is 12.5. The number of carbonyl (C=O) groups is 2. The summed E-state index contributed by atoms with van der Waals surface area (Å²) in [5.41, 5.74) is 0.886. The topological polar surface area (TPSA) is 111 Å². The highest BCUT2D eigenvalue weighted by Gasteiger charge is 2.34. The second-order valence-corrected chi connectivity index (χ2v) is 8.19. The molecular formula is C19H19N5O4S2. The van der Waals surface area contributed by atoms with Crippen LogP contribution in [0.15, 0.2) is 63.1 Å². The van der Waals surface area contributed by atoms with Crippen molar-refractivity contribution in [3.8, 4) is 0 Å². The van der Waals surface area contributed by atoms with Crippen LogP contribution in [0.5, 0.6) is 0 Å². The summed E-state index contributed by atoms with van der Waals surface area (Å²) in [5, 5.41) is 16.2. The molecule has 1 atom stereocenters. The zero-order valence-electron chi connectivity index (χ0n) is 16.0. The van der Waals surface area contributed by atoms with Crippen LogP contribution in [0.1, 0.15) is 23.6 Å². The van der Waals surface area contributed by atoms with Gasteiger partial charge in [-0.25, -0.2) is 9.59 Å². The molecule has 1 unspecified atom stereocenters. The third kappa shape index (κ3) is 4.41. The normalized spacial score (nSPS) is 16.3. The van der Waals surface area contributed by atoms with Crippen LogP contribution in [0, 0.1) is 0 Å². The van der Waals surface area contributed by atoms with Gasteiger partial charge in [-0.05, 0) is 30.5 Å². The number of esters is 1. The predicted molar refractivity (Wildman–Crippen MR) is 111 cm³/mol. The number of furan rings is 1. The van der Waals surface area contributed by atoms with E-state index in [1.807, 2.05) is 34.2 Å². The third-order valence-electron chi connectivity index (χ3n) is 4.31. The number of nitrogens with zero attached hydrogens (tertiary/aromatic N) is 3. The number of ether oxygens (including phenoxy) is 1. The minimum absolute atomic E-state index is 0.241. The number of urea groups is 1. The first-order valence-corrected chi connectivity index (χ1v) is 11.1. The van der Waals surface area contributed by atoms with Gasteiger partial charge in [0.05, 0.1) is 31.0 Å². The number of thiophene rings is 1. The second kappa shape index (κ2) is 9.18. The lowest BCUT2D eigenvalue weighted by atomic mass is 10.0. The van der Waals surface area contributed by atoms with E-state index in [9.17, 15) is 9.59 Å². The van der Waals surface area contributed by atoms with Crippen molar-refractivity contribution in [1.29, 1.82) is 0 Å². The van der Waals surface area contributed by atoms with Crippen molar-refractivity contribution in [1.82, 2.24) is 25.4 Å². The Balaban J connectivity index is 1.60. The first kappa shape index (κ1) is 20.2. The van der Waals surface area contributed by atoms with Crippen LogP contribution < -0.4 is 10.6 Å². The summed E-state index contributed by atoms with van der Waals surface area (Å²) in [4.78, 5) is 25.9. The van der Waals surface area contributed by atoms with E-state index in [4.69, 9.17) is 9.15 Å². The summed E-state index contributed by atoms with van der Waals surface area (Å²) in [7, 11) is 0. The molecule has 2 amide bonds. The zero-order chi connectivity index (χ0) is 20.9. The van der Waals surface area contributed by atoms with Gasteiger partial charge in [-0.15, -0.1) is 21.5 Å². The lowest BCUT2D eigenvalue weighted by Crippen LogP contribution is -2.46. The van der Waals surface area contributed by atoms with Crippen LogP contribution in [-0.2, 0) is 16.1 Å². The van der Waals surface area contributed by atoms with E-state index in [1.165, 1.54) is 23.1 Å². The smallest absolute Gasteiger partial charge is 0.338 e. The molecule has 0 saturated heterocycles. The van der Waals surface area contributed by atoms with Crippen LogP contribution in [0.2, 0.25) is 0 Å². The molecule has 0 spiro atoms. The SMILES string of the molecule is CCOC(=O)C1=C(CSc2nncn2Cc2ccco2)NC(=O)NC1c1cccs1. The molecule has 0 bridgehead atoms. The van der Waals surface area contributed by atoms with E-state index in [2.05, 4.69) is 20.8 Å². The van der Waals surface area contributed by atoms with Gasteiger partial charge in [0.1, 0.15) is 12.1 Å². The number of thioether (sulfide) groups is 1. The van der Waals surface area contributed by atoms with Crippen LogP contribution in [0.4, 0.5) is 4.79 Å². The van der Waals surface area contributed by atoms with Gasteiger partial charge in [-0.3, -0.25) is 0 Å². The average Bonchev–Trinajstić information content (AvgIpc) is 3.50. The second-order valence-electron chi connectivity index (χ2n) is 6.27. The Hall–Kier alpha value is -3.05. The van der Waals surface area contributed by atoms with Crippen LogP contribution in [0.3, 0.4) is 0 Å². The first-order chi connectivity index (χ1) is 14.7. The fourth-order valence-corrected chi connectivity index (χ4v) is 4.69. The van der Waals surface area contributed by atoms with Crippen molar-refractivity contribution in [2.24, 2.45) is 0 Å². The molecule has 1 aliphatic heterocycles. The minimum Gasteiger partial charge on any atom is -0.467 e. The monoisotopic (exact) mass is 445 g/mol. The van der Waals surface area contributed by atoms with Gasteiger partial charge in [0.15, 0.2) is 5.16 Å². The molecular weight excluding hydrogens is 426 g/mol. The number of nitrogens with one attached hydrogen (secondary N) is 2. The lowest BCUT2D eigenvalue weighted by Gasteiger charge is -2.28. The number of amides is 2. The molecule has 1 aliphatic rings. The number of carbonyl (C=O) groups excluding carboxylic acids is 2. The van der Waals surface area contributed by atoms with E-state index in [1.54, 1.807) is 19.5 Å². The van der Waals surface area contributed by atoms with Crippen molar-refractivity contribution < 1.29 is 18.7 Å². The highest BCUT2D eigenvalue weighted by Crippen LogP contribution is 2.32. The lowest BCUT2D eigenvalue weighted by molar-refractivity contribution is -0.139. The minimum atomic E-state index is -0.561. The molecule has 0 aliphatic carbocycles. The maximum absolute atomic E-state index is 12.7. The van der Waals surface area contributed by atoms with Crippen LogP contribution >= 0.6 is 23.1 Å². The Morgan fingerprint density at radius 2 is 2.30 bits per heavy atom. The van der Waals surface area contributed by atoms with Crippen LogP contribution in [-0.4, -0.2) is 39.1 Å². The molecule has 3 aromatic rings. The van der Waals surface area contributed by atoms with Crippen molar-refractivity contribution >= 4 is 35.1 Å². The molecule has 3 aromatic heterocycles. The van der Waals surface area contributed by atoms with Crippen LogP contribution in [0.25, 0.3) is 0 Å². The van der Waals surface area contributed by atoms with Gasteiger partial charge in [0, 0.05) is 16.3 Å². The van der Waals surface area contributed by atoms with Crippen molar-refractivity contribution in [3.05, 3.63) is 64.1 Å². The largest absolute Gasteiger partial charge is 0.467 e. The molecule has 9 nitrogen and oxygen atoms in total. The summed E-state index contributed by atoms with van der Waals surface area (Å²) in [6.45, 7) is 2.47. The predicted octanol–water partition coefficient (Wildman–Crippen LogP) is 2.94. The van der Waals surface area contributed by atoms with Crippen molar-refractivity contribution in [2.45, 2.75) is 24.7 Å². The molecule has 156 valence electrons. The number of hydrogen-bond donors (Lipinski definition) is 2. The van der Waals surface area contributed by atoms with E-state index in [0.29, 0.717) is 28.7 Å². The van der Waals surface area contributed by atoms with Crippen molar-refractivity contribution in [3.63, 3.8) is 0 Å².